The van der Waals surface area contributed by atoms with Gasteiger partial charge in [0.2, 0.25) is 17.9 Å². The summed E-state index contributed by atoms with van der Waals surface area (Å²) in [5.41, 5.74) is 0. The molecular formula is C6H6N2O4. The van der Waals surface area contributed by atoms with Gasteiger partial charge in [0, 0.05) is 12.0 Å². The molecule has 0 spiro atoms. The molecule has 0 aromatic heterocycles. The zero-order valence-corrected chi connectivity index (χ0v) is 6.26. The number of rotatable bonds is 1. The van der Waals surface area contributed by atoms with Crippen LogP contribution in [0.25, 0.3) is 0 Å². The van der Waals surface area contributed by atoms with E-state index in [0.717, 1.165) is 4.90 Å². The molecule has 1 heterocycles. The number of hydrogen-bond acceptors (Lipinski definition) is 4. The topological polar surface area (TPSA) is 80.5 Å². The van der Waals surface area contributed by atoms with Crippen molar-refractivity contribution in [1.82, 2.24) is 4.90 Å². The van der Waals surface area contributed by atoms with Gasteiger partial charge in [-0.2, -0.15) is 0 Å². The van der Waals surface area contributed by atoms with Gasteiger partial charge >= 0.3 is 0 Å². The van der Waals surface area contributed by atoms with Crippen molar-refractivity contribution in [1.29, 1.82) is 0 Å². The summed E-state index contributed by atoms with van der Waals surface area (Å²) in [6, 6.07) is -0.943. The van der Waals surface area contributed by atoms with E-state index < -0.39 is 34.6 Å². The summed E-state index contributed by atoms with van der Waals surface area (Å²) in [7, 11) is 1.35. The van der Waals surface area contributed by atoms with E-state index in [4.69, 9.17) is 0 Å². The molecular weight excluding hydrogens is 164 g/mol. The normalized spacial score (nSPS) is 38.4. The van der Waals surface area contributed by atoms with Crippen LogP contribution >= 0.6 is 0 Å². The summed E-state index contributed by atoms with van der Waals surface area (Å²) >= 11 is 0. The minimum absolute atomic E-state index is 0.410. The molecule has 0 unspecified atom stereocenters. The second-order valence-corrected chi connectivity index (χ2v) is 3.06. The summed E-state index contributed by atoms with van der Waals surface area (Å²) in [5.74, 6) is -2.16. The first-order valence-electron chi connectivity index (χ1n) is 3.50. The van der Waals surface area contributed by atoms with E-state index in [2.05, 4.69) is 0 Å². The van der Waals surface area contributed by atoms with Crippen LogP contribution in [0.15, 0.2) is 0 Å². The number of imide groups is 1. The maximum atomic E-state index is 11.1. The predicted octanol–water partition coefficient (Wildman–Crippen LogP) is -1.12. The molecule has 1 saturated heterocycles. The van der Waals surface area contributed by atoms with Crippen LogP contribution in [0.3, 0.4) is 0 Å². The molecule has 0 radical (unpaired) electrons. The minimum atomic E-state index is -0.943. The van der Waals surface area contributed by atoms with Gasteiger partial charge in [-0.05, 0) is 0 Å². The lowest BCUT2D eigenvalue weighted by Gasteiger charge is -2.08. The van der Waals surface area contributed by atoms with Gasteiger partial charge in [-0.15, -0.1) is 0 Å². The first kappa shape index (κ1) is 7.20. The summed E-state index contributed by atoms with van der Waals surface area (Å²) in [6.07, 6.45) is 0. The Labute approximate surface area is 67.3 Å². The summed E-state index contributed by atoms with van der Waals surface area (Å²) in [5, 5.41) is 10.3. The van der Waals surface area contributed by atoms with E-state index in [1.165, 1.54) is 7.05 Å². The number of nitro groups is 1. The quantitative estimate of drug-likeness (QED) is 0.283. The van der Waals surface area contributed by atoms with Crippen molar-refractivity contribution >= 4 is 11.8 Å². The lowest BCUT2D eigenvalue weighted by Crippen LogP contribution is -2.33. The number of fused-ring (bicyclic) bond motifs is 1. The molecule has 1 saturated carbocycles. The number of amides is 2. The number of nitrogens with zero attached hydrogens (tertiary/aromatic N) is 2. The van der Waals surface area contributed by atoms with Crippen molar-refractivity contribution in [3.8, 4) is 0 Å². The molecule has 1 aliphatic carbocycles. The molecule has 0 N–H and O–H groups in total. The highest BCUT2D eigenvalue weighted by atomic mass is 16.6. The van der Waals surface area contributed by atoms with Crippen LogP contribution in [-0.4, -0.2) is 34.7 Å². The van der Waals surface area contributed by atoms with Crippen molar-refractivity contribution in [2.45, 2.75) is 6.04 Å². The van der Waals surface area contributed by atoms with E-state index in [1.807, 2.05) is 0 Å². The van der Waals surface area contributed by atoms with Crippen LogP contribution in [0.2, 0.25) is 0 Å². The Morgan fingerprint density at radius 2 is 1.75 bits per heavy atom. The first-order chi connectivity index (χ1) is 5.55. The largest absolute Gasteiger partial charge is 0.285 e. The molecule has 3 atom stereocenters. The summed E-state index contributed by atoms with van der Waals surface area (Å²) in [4.78, 5) is 32.8. The fourth-order valence-corrected chi connectivity index (χ4v) is 1.71. The Kier molecular flexibility index (Phi) is 1.09. The van der Waals surface area contributed by atoms with Crippen molar-refractivity contribution < 1.29 is 14.5 Å². The third-order valence-corrected chi connectivity index (χ3v) is 2.46. The molecule has 0 aromatic carbocycles. The fourth-order valence-electron chi connectivity index (χ4n) is 1.71. The Morgan fingerprint density at radius 3 is 2.08 bits per heavy atom. The molecule has 2 fully saturated rings. The van der Waals surface area contributed by atoms with Gasteiger partial charge in [0.1, 0.15) is 11.8 Å². The number of likely N-dealkylation sites (tertiary alicyclic amines) is 1. The van der Waals surface area contributed by atoms with Crippen LogP contribution in [0, 0.1) is 22.0 Å². The van der Waals surface area contributed by atoms with E-state index in [-0.39, 0.29) is 0 Å². The molecule has 2 aliphatic rings. The third-order valence-electron chi connectivity index (χ3n) is 2.46. The number of carbonyl (C=O) groups is 2. The highest BCUT2D eigenvalue weighted by Gasteiger charge is 2.74. The molecule has 64 valence electrons. The second kappa shape index (κ2) is 1.82. The highest BCUT2D eigenvalue weighted by Crippen LogP contribution is 2.48. The van der Waals surface area contributed by atoms with Gasteiger partial charge in [-0.1, -0.05) is 0 Å². The highest BCUT2D eigenvalue weighted by molar-refractivity contribution is 6.09. The van der Waals surface area contributed by atoms with Crippen LogP contribution < -0.4 is 0 Å². The lowest BCUT2D eigenvalue weighted by atomic mass is 10.4. The zero-order chi connectivity index (χ0) is 9.04. The van der Waals surface area contributed by atoms with E-state index in [0.29, 0.717) is 0 Å². The smallest absolute Gasteiger partial charge is 0.240 e. The summed E-state index contributed by atoms with van der Waals surface area (Å²) in [6.45, 7) is 0. The predicted molar refractivity (Wildman–Crippen MR) is 35.5 cm³/mol. The van der Waals surface area contributed by atoms with Crippen LogP contribution in [0.1, 0.15) is 0 Å². The molecule has 6 heteroatoms. The maximum absolute atomic E-state index is 11.1. The van der Waals surface area contributed by atoms with Gasteiger partial charge in [-0.25, -0.2) is 0 Å². The number of hydrogen-bond donors (Lipinski definition) is 0. The van der Waals surface area contributed by atoms with Crippen molar-refractivity contribution in [2.75, 3.05) is 7.05 Å². The van der Waals surface area contributed by atoms with Crippen molar-refractivity contribution in [2.24, 2.45) is 11.8 Å². The van der Waals surface area contributed by atoms with Crippen LogP contribution in [-0.2, 0) is 9.59 Å². The van der Waals surface area contributed by atoms with Gasteiger partial charge in [0.25, 0.3) is 0 Å². The maximum Gasteiger partial charge on any atom is 0.240 e. The Hall–Kier alpha value is -1.46. The number of carbonyl (C=O) groups excluding carboxylic acids is 2. The Morgan fingerprint density at radius 1 is 1.33 bits per heavy atom. The molecule has 2 rings (SSSR count). The third kappa shape index (κ3) is 0.596. The molecule has 0 aromatic rings. The Balaban J connectivity index is 2.24. The average molecular weight is 170 g/mol. The van der Waals surface area contributed by atoms with Crippen molar-refractivity contribution in [3.05, 3.63) is 10.1 Å². The molecule has 12 heavy (non-hydrogen) atoms. The monoisotopic (exact) mass is 170 g/mol. The van der Waals surface area contributed by atoms with Gasteiger partial charge in [-0.3, -0.25) is 24.6 Å². The molecule has 1 aliphatic heterocycles. The van der Waals surface area contributed by atoms with Crippen molar-refractivity contribution in [3.63, 3.8) is 0 Å². The van der Waals surface area contributed by atoms with Gasteiger partial charge < -0.3 is 0 Å². The van der Waals surface area contributed by atoms with E-state index in [9.17, 15) is 19.7 Å². The van der Waals surface area contributed by atoms with E-state index in [1.54, 1.807) is 0 Å². The average Bonchev–Trinajstić information content (AvgIpc) is 2.69. The fraction of sp³-hybridized carbons (Fsp3) is 0.667. The van der Waals surface area contributed by atoms with Crippen LogP contribution in [0.4, 0.5) is 0 Å². The SMILES string of the molecule is CN1C(=O)[C@@H]2[C@H](C1=O)[C@@H]2[N+](=O)[O-]. The van der Waals surface area contributed by atoms with Gasteiger partial charge in [0.15, 0.2) is 0 Å². The molecule has 6 nitrogen and oxygen atoms in total. The molecule has 0 bridgehead atoms. The van der Waals surface area contributed by atoms with E-state index >= 15 is 0 Å². The van der Waals surface area contributed by atoms with Crippen LogP contribution in [0.5, 0.6) is 0 Å². The first-order valence-corrected chi connectivity index (χ1v) is 3.50. The lowest BCUT2D eigenvalue weighted by molar-refractivity contribution is -0.500. The Bertz CT molecular complexity index is 278. The molecule has 2 amide bonds. The minimum Gasteiger partial charge on any atom is -0.285 e. The number of piperidine rings is 1. The second-order valence-electron chi connectivity index (χ2n) is 3.06. The summed E-state index contributed by atoms with van der Waals surface area (Å²) < 4.78 is 0. The zero-order valence-electron chi connectivity index (χ0n) is 6.26. The van der Waals surface area contributed by atoms with Gasteiger partial charge in [0.05, 0.1) is 0 Å². The standard InChI is InChI=1S/C6H6N2O4/c1-7-5(9)2-3(6(7)10)4(2)8(11)12/h2-4H,1H3/t2-,3+,4-.